The van der Waals surface area contributed by atoms with Crippen molar-refractivity contribution in [3.8, 4) is 6.07 Å². The molecule has 4 aliphatic rings. The summed E-state index contributed by atoms with van der Waals surface area (Å²) in [5, 5.41) is 11.5. The second kappa shape index (κ2) is 5.32. The molecule has 3 N–H and O–H groups in total. The van der Waals surface area contributed by atoms with E-state index in [0.29, 0.717) is 24.2 Å². The number of nitrogens with two attached hydrogens (primary N) is 1. The van der Waals surface area contributed by atoms with Gasteiger partial charge >= 0.3 is 0 Å². The minimum absolute atomic E-state index is 0.00309. The first-order valence-electron chi connectivity index (χ1n) is 7.99. The molecular formula is C16H23N3O2. The fraction of sp³-hybridized carbons (Fsp3) is 0.812. The Morgan fingerprint density at radius 1 is 1.19 bits per heavy atom. The number of hydrogen-bond acceptors (Lipinski definition) is 3. The summed E-state index contributed by atoms with van der Waals surface area (Å²) >= 11 is 0. The lowest BCUT2D eigenvalue weighted by Gasteiger charge is -2.55. The lowest BCUT2D eigenvalue weighted by atomic mass is 9.49. The summed E-state index contributed by atoms with van der Waals surface area (Å²) in [4.78, 5) is 24.2. The lowest BCUT2D eigenvalue weighted by Crippen LogP contribution is -2.56. The largest absolute Gasteiger partial charge is 0.368 e. The number of rotatable bonds is 5. The van der Waals surface area contributed by atoms with E-state index in [1.807, 2.05) is 6.07 Å². The maximum atomic E-state index is 12.8. The zero-order valence-corrected chi connectivity index (χ0v) is 12.3. The number of nitrogens with zero attached hydrogens (tertiary/aromatic N) is 1. The Morgan fingerprint density at radius 2 is 1.71 bits per heavy atom. The number of primary amides is 1. The molecule has 4 saturated carbocycles. The van der Waals surface area contributed by atoms with Gasteiger partial charge < -0.3 is 11.1 Å². The Labute approximate surface area is 125 Å². The van der Waals surface area contributed by atoms with Crippen LogP contribution >= 0.6 is 0 Å². The van der Waals surface area contributed by atoms with Crippen LogP contribution in [0.3, 0.4) is 0 Å². The third-order valence-electron chi connectivity index (χ3n) is 5.71. The summed E-state index contributed by atoms with van der Waals surface area (Å²) in [5.41, 5.74) is 5.09. The predicted molar refractivity (Wildman–Crippen MR) is 76.6 cm³/mol. The smallest absolute Gasteiger partial charge is 0.240 e. The minimum Gasteiger partial charge on any atom is -0.368 e. The van der Waals surface area contributed by atoms with E-state index in [-0.39, 0.29) is 17.7 Å². The van der Waals surface area contributed by atoms with Crippen LogP contribution in [0.1, 0.15) is 51.4 Å². The molecule has 0 aromatic rings. The first-order valence-corrected chi connectivity index (χ1v) is 7.99. The highest BCUT2D eigenvalue weighted by atomic mass is 16.2. The van der Waals surface area contributed by atoms with Crippen molar-refractivity contribution in [2.45, 2.75) is 57.4 Å². The van der Waals surface area contributed by atoms with E-state index in [1.165, 1.54) is 19.3 Å². The second-order valence-electron chi connectivity index (χ2n) is 7.32. The fourth-order valence-corrected chi connectivity index (χ4v) is 5.19. The molecule has 5 heteroatoms. The molecule has 114 valence electrons. The van der Waals surface area contributed by atoms with E-state index in [2.05, 4.69) is 5.32 Å². The van der Waals surface area contributed by atoms with Crippen molar-refractivity contribution in [2.75, 3.05) is 0 Å². The monoisotopic (exact) mass is 289 g/mol. The Morgan fingerprint density at radius 3 is 2.14 bits per heavy atom. The van der Waals surface area contributed by atoms with Gasteiger partial charge in [-0.15, -0.1) is 0 Å². The third-order valence-corrected chi connectivity index (χ3v) is 5.71. The number of carbonyl (C=O) groups excluding carboxylic acids is 2. The number of hydrogen-bond donors (Lipinski definition) is 2. The molecule has 0 spiro atoms. The van der Waals surface area contributed by atoms with Gasteiger partial charge in [0.15, 0.2) is 0 Å². The van der Waals surface area contributed by atoms with Crippen LogP contribution in [0.4, 0.5) is 0 Å². The Hall–Kier alpha value is -1.57. The SMILES string of the molecule is N#CCC[C@@H](NC(=O)C12CC3CC(CC(C3)C1)C2)C(N)=O. The quantitative estimate of drug-likeness (QED) is 0.802. The highest BCUT2D eigenvalue weighted by Crippen LogP contribution is 2.60. The number of amides is 2. The van der Waals surface area contributed by atoms with Crippen LogP contribution in [-0.2, 0) is 9.59 Å². The molecule has 0 saturated heterocycles. The first kappa shape index (κ1) is 14.4. The van der Waals surface area contributed by atoms with Crippen molar-refractivity contribution in [3.05, 3.63) is 0 Å². The van der Waals surface area contributed by atoms with Gasteiger partial charge in [-0.3, -0.25) is 9.59 Å². The molecule has 4 rings (SSSR count). The van der Waals surface area contributed by atoms with Crippen LogP contribution in [0, 0.1) is 34.5 Å². The van der Waals surface area contributed by atoms with E-state index < -0.39 is 11.9 Å². The standard InChI is InChI=1S/C16H23N3O2/c17-3-1-2-13(14(18)20)19-15(21)16-7-10-4-11(8-16)6-12(5-10)9-16/h10-13H,1-2,4-9H2,(H2,18,20)(H,19,21)/t10?,11?,12?,13-,16?/m1/s1. The lowest BCUT2D eigenvalue weighted by molar-refractivity contribution is -0.148. The first-order chi connectivity index (χ1) is 10.0. The van der Waals surface area contributed by atoms with Crippen molar-refractivity contribution in [2.24, 2.45) is 28.9 Å². The molecule has 2 amide bonds. The van der Waals surface area contributed by atoms with Gasteiger partial charge in [-0.1, -0.05) is 0 Å². The van der Waals surface area contributed by atoms with Crippen LogP contribution in [0.15, 0.2) is 0 Å². The molecule has 21 heavy (non-hydrogen) atoms. The van der Waals surface area contributed by atoms with E-state index in [1.54, 1.807) is 0 Å². The summed E-state index contributed by atoms with van der Waals surface area (Å²) in [6.45, 7) is 0. The van der Waals surface area contributed by atoms with Crippen molar-refractivity contribution in [1.29, 1.82) is 5.26 Å². The van der Waals surface area contributed by atoms with Crippen molar-refractivity contribution in [1.82, 2.24) is 5.32 Å². The van der Waals surface area contributed by atoms with Gasteiger partial charge in [0.25, 0.3) is 0 Å². The third kappa shape index (κ3) is 2.64. The predicted octanol–water partition coefficient (Wildman–Crippen LogP) is 1.48. The van der Waals surface area contributed by atoms with E-state index in [4.69, 9.17) is 11.0 Å². The Kier molecular flexibility index (Phi) is 3.64. The molecule has 4 bridgehead atoms. The molecular weight excluding hydrogens is 266 g/mol. The van der Waals surface area contributed by atoms with Crippen LogP contribution in [0.5, 0.6) is 0 Å². The molecule has 4 aliphatic carbocycles. The van der Waals surface area contributed by atoms with Crippen molar-refractivity contribution >= 4 is 11.8 Å². The molecule has 0 unspecified atom stereocenters. The summed E-state index contributed by atoms with van der Waals surface area (Å²) < 4.78 is 0. The Bertz CT molecular complexity index is 459. The molecule has 0 aromatic heterocycles. The summed E-state index contributed by atoms with van der Waals surface area (Å²) in [6.07, 6.45) is 7.27. The maximum absolute atomic E-state index is 12.8. The zero-order valence-electron chi connectivity index (χ0n) is 12.3. The van der Waals surface area contributed by atoms with Crippen molar-refractivity contribution < 1.29 is 9.59 Å². The highest BCUT2D eigenvalue weighted by molar-refractivity contribution is 5.89. The maximum Gasteiger partial charge on any atom is 0.240 e. The molecule has 0 aliphatic heterocycles. The second-order valence-corrected chi connectivity index (χ2v) is 7.32. The van der Waals surface area contributed by atoms with Gasteiger partial charge in [-0.05, 0) is 62.7 Å². The van der Waals surface area contributed by atoms with Crippen LogP contribution in [0.2, 0.25) is 0 Å². The molecule has 0 aromatic carbocycles. The van der Waals surface area contributed by atoms with Crippen LogP contribution in [0.25, 0.3) is 0 Å². The number of carbonyl (C=O) groups is 2. The van der Waals surface area contributed by atoms with Crippen LogP contribution in [-0.4, -0.2) is 17.9 Å². The van der Waals surface area contributed by atoms with Gasteiger partial charge in [0.2, 0.25) is 11.8 Å². The molecule has 1 atom stereocenters. The normalized spacial score (nSPS) is 37.8. The van der Waals surface area contributed by atoms with E-state index in [0.717, 1.165) is 19.3 Å². The summed E-state index contributed by atoms with van der Waals surface area (Å²) in [6, 6.07) is 1.30. The van der Waals surface area contributed by atoms with Gasteiger partial charge in [-0.25, -0.2) is 0 Å². The van der Waals surface area contributed by atoms with E-state index in [9.17, 15) is 9.59 Å². The topological polar surface area (TPSA) is 96.0 Å². The average molecular weight is 289 g/mol. The highest BCUT2D eigenvalue weighted by Gasteiger charge is 2.54. The molecule has 5 nitrogen and oxygen atoms in total. The zero-order chi connectivity index (χ0) is 15.0. The molecule has 0 heterocycles. The molecule has 0 radical (unpaired) electrons. The molecule has 4 fully saturated rings. The van der Waals surface area contributed by atoms with Gasteiger partial charge in [0.1, 0.15) is 6.04 Å². The average Bonchev–Trinajstić information content (AvgIpc) is 2.41. The van der Waals surface area contributed by atoms with Crippen molar-refractivity contribution in [3.63, 3.8) is 0 Å². The van der Waals surface area contributed by atoms with Crippen LogP contribution < -0.4 is 11.1 Å². The van der Waals surface area contributed by atoms with Gasteiger partial charge in [0, 0.05) is 11.8 Å². The Balaban J connectivity index is 1.70. The van der Waals surface area contributed by atoms with Gasteiger partial charge in [0.05, 0.1) is 6.07 Å². The summed E-state index contributed by atoms with van der Waals surface area (Å²) in [7, 11) is 0. The minimum atomic E-state index is -0.704. The van der Waals surface area contributed by atoms with E-state index >= 15 is 0 Å². The summed E-state index contributed by atoms with van der Waals surface area (Å²) in [5.74, 6) is 1.53. The fourth-order valence-electron chi connectivity index (χ4n) is 5.19. The number of nitriles is 1. The van der Waals surface area contributed by atoms with Gasteiger partial charge in [-0.2, -0.15) is 5.26 Å². The number of nitrogens with one attached hydrogen (secondary N) is 1.